The molecule has 26 heavy (non-hydrogen) atoms. The lowest BCUT2D eigenvalue weighted by molar-refractivity contribution is 0.0992. The molecule has 6 heteroatoms. The summed E-state index contributed by atoms with van der Waals surface area (Å²) in [5, 5.41) is 15.7. The highest BCUT2D eigenvalue weighted by Gasteiger charge is 2.36. The smallest absolute Gasteiger partial charge is 0.291 e. The molecule has 2 aromatic rings. The lowest BCUT2D eigenvalue weighted by Crippen LogP contribution is -2.27. The Balaban J connectivity index is 1.98. The first kappa shape index (κ1) is 18.0. The van der Waals surface area contributed by atoms with Crippen LogP contribution < -0.4 is 10.1 Å². The lowest BCUT2D eigenvalue weighted by Gasteiger charge is -2.28. The molecule has 1 aliphatic rings. The molecular weight excluding hydrogens is 332 g/mol. The van der Waals surface area contributed by atoms with Crippen LogP contribution in [0.1, 0.15) is 53.3 Å². The lowest BCUT2D eigenvalue weighted by atomic mass is 9.75. The fourth-order valence-corrected chi connectivity index (χ4v) is 3.51. The summed E-state index contributed by atoms with van der Waals surface area (Å²) in [6.45, 7) is 7.92. The van der Waals surface area contributed by atoms with E-state index in [9.17, 15) is 10.0 Å². The first-order valence-electron chi connectivity index (χ1n) is 8.55. The topological polar surface area (TPSA) is 84.1 Å². The maximum Gasteiger partial charge on any atom is 0.291 e. The highest BCUT2D eigenvalue weighted by molar-refractivity contribution is 6.09. The standard InChI is InChI=1S/C20H24N2O4/c1-11-6-7-15(25-5)13(8-11)21-19(23)18-12(2)17-14(22-24)9-20(3,4)10-16(17)26-18/h6-8,24H,9-10H2,1-5H3,(H,21,23)/b22-14-. The Bertz CT molecular complexity index is 893. The van der Waals surface area contributed by atoms with Crippen LogP contribution in [0, 0.1) is 19.3 Å². The highest BCUT2D eigenvalue weighted by Crippen LogP contribution is 2.39. The summed E-state index contributed by atoms with van der Waals surface area (Å²) >= 11 is 0. The average Bonchev–Trinajstić information content (AvgIpc) is 2.89. The van der Waals surface area contributed by atoms with Gasteiger partial charge in [-0.15, -0.1) is 0 Å². The summed E-state index contributed by atoms with van der Waals surface area (Å²) < 4.78 is 11.2. The van der Waals surface area contributed by atoms with Gasteiger partial charge in [0.05, 0.1) is 18.5 Å². The van der Waals surface area contributed by atoms with Gasteiger partial charge in [-0.3, -0.25) is 4.79 Å². The fraction of sp³-hybridized carbons (Fsp3) is 0.400. The third-order valence-corrected chi connectivity index (χ3v) is 4.72. The molecule has 0 saturated heterocycles. The Morgan fingerprint density at radius 1 is 1.31 bits per heavy atom. The molecule has 0 spiro atoms. The van der Waals surface area contributed by atoms with Gasteiger partial charge in [-0.05, 0) is 43.4 Å². The minimum atomic E-state index is -0.351. The van der Waals surface area contributed by atoms with Crippen LogP contribution in [0.15, 0.2) is 27.8 Å². The molecule has 6 nitrogen and oxygen atoms in total. The number of carbonyl (C=O) groups excluding carboxylic acids is 1. The Morgan fingerprint density at radius 2 is 2.04 bits per heavy atom. The van der Waals surface area contributed by atoms with Crippen LogP contribution in [0.2, 0.25) is 0 Å². The van der Waals surface area contributed by atoms with Crippen LogP contribution in [0.4, 0.5) is 5.69 Å². The fourth-order valence-electron chi connectivity index (χ4n) is 3.51. The Hall–Kier alpha value is -2.76. The minimum Gasteiger partial charge on any atom is -0.495 e. The van der Waals surface area contributed by atoms with Gasteiger partial charge in [0, 0.05) is 17.5 Å². The Labute approximate surface area is 152 Å². The summed E-state index contributed by atoms with van der Waals surface area (Å²) in [6.07, 6.45) is 1.31. The molecule has 1 aliphatic carbocycles. The molecule has 0 atom stereocenters. The van der Waals surface area contributed by atoms with Crippen LogP contribution in [-0.2, 0) is 6.42 Å². The van der Waals surface area contributed by atoms with Crippen molar-refractivity contribution < 1.29 is 19.2 Å². The number of methoxy groups -OCH3 is 1. The molecule has 1 amide bonds. The largest absolute Gasteiger partial charge is 0.495 e. The predicted octanol–water partition coefficient (Wildman–Crippen LogP) is 4.31. The molecule has 138 valence electrons. The van der Waals surface area contributed by atoms with E-state index >= 15 is 0 Å². The van der Waals surface area contributed by atoms with Crippen LogP contribution in [0.5, 0.6) is 5.75 Å². The van der Waals surface area contributed by atoms with Gasteiger partial charge >= 0.3 is 0 Å². The quantitative estimate of drug-likeness (QED) is 0.634. The van der Waals surface area contributed by atoms with Gasteiger partial charge in [0.2, 0.25) is 0 Å². The van der Waals surface area contributed by atoms with E-state index < -0.39 is 0 Å². The van der Waals surface area contributed by atoms with Crippen molar-refractivity contribution in [2.45, 2.75) is 40.5 Å². The number of aryl methyl sites for hydroxylation is 1. The zero-order valence-corrected chi connectivity index (χ0v) is 15.8. The van der Waals surface area contributed by atoms with Crippen LogP contribution >= 0.6 is 0 Å². The number of oxime groups is 1. The van der Waals surface area contributed by atoms with Crippen molar-refractivity contribution in [1.82, 2.24) is 0 Å². The molecule has 0 bridgehead atoms. The Morgan fingerprint density at radius 3 is 2.69 bits per heavy atom. The molecule has 0 aliphatic heterocycles. The number of rotatable bonds is 3. The molecule has 1 aromatic heterocycles. The van der Waals surface area contributed by atoms with Crippen molar-refractivity contribution in [3.05, 3.63) is 46.4 Å². The van der Waals surface area contributed by atoms with Crippen molar-refractivity contribution >= 4 is 17.3 Å². The Kier molecular flexibility index (Phi) is 4.52. The number of carbonyl (C=O) groups is 1. The second-order valence-corrected chi connectivity index (χ2v) is 7.58. The zero-order valence-electron chi connectivity index (χ0n) is 15.8. The van der Waals surface area contributed by atoms with Gasteiger partial charge in [0.1, 0.15) is 11.5 Å². The van der Waals surface area contributed by atoms with Crippen molar-refractivity contribution in [2.24, 2.45) is 10.6 Å². The first-order chi connectivity index (χ1) is 12.3. The van der Waals surface area contributed by atoms with E-state index in [-0.39, 0.29) is 17.1 Å². The maximum atomic E-state index is 12.8. The highest BCUT2D eigenvalue weighted by atomic mass is 16.5. The number of fused-ring (bicyclic) bond motifs is 1. The van der Waals surface area contributed by atoms with Gasteiger partial charge in [-0.25, -0.2) is 0 Å². The predicted molar refractivity (Wildman–Crippen MR) is 99.6 cm³/mol. The van der Waals surface area contributed by atoms with E-state index in [2.05, 4.69) is 24.3 Å². The maximum absolute atomic E-state index is 12.8. The molecule has 0 saturated carbocycles. The van der Waals surface area contributed by atoms with Gasteiger partial charge in [0.15, 0.2) is 5.76 Å². The summed E-state index contributed by atoms with van der Waals surface area (Å²) in [6, 6.07) is 5.57. The number of hydrogen-bond donors (Lipinski definition) is 2. The molecule has 0 unspecified atom stereocenters. The van der Waals surface area contributed by atoms with E-state index in [0.717, 1.165) is 11.1 Å². The van der Waals surface area contributed by atoms with Crippen molar-refractivity contribution in [1.29, 1.82) is 0 Å². The molecule has 0 radical (unpaired) electrons. The third-order valence-electron chi connectivity index (χ3n) is 4.72. The van der Waals surface area contributed by atoms with E-state index in [4.69, 9.17) is 9.15 Å². The monoisotopic (exact) mass is 356 g/mol. The number of anilines is 1. The average molecular weight is 356 g/mol. The number of furan rings is 1. The first-order valence-corrected chi connectivity index (χ1v) is 8.55. The molecule has 1 heterocycles. The van der Waals surface area contributed by atoms with Crippen molar-refractivity contribution in [2.75, 3.05) is 12.4 Å². The van der Waals surface area contributed by atoms with E-state index in [0.29, 0.717) is 41.3 Å². The van der Waals surface area contributed by atoms with E-state index in [1.165, 1.54) is 0 Å². The summed E-state index contributed by atoms with van der Waals surface area (Å²) in [5.41, 5.74) is 3.49. The minimum absolute atomic E-state index is 0.0909. The number of benzene rings is 1. The molecule has 1 aromatic carbocycles. The summed E-state index contributed by atoms with van der Waals surface area (Å²) in [5.74, 6) is 1.15. The number of amides is 1. The van der Waals surface area contributed by atoms with Gasteiger partial charge in [0.25, 0.3) is 5.91 Å². The normalized spacial score (nSPS) is 17.0. The van der Waals surface area contributed by atoms with Gasteiger partial charge in [-0.2, -0.15) is 0 Å². The van der Waals surface area contributed by atoms with E-state index in [1.807, 2.05) is 32.0 Å². The van der Waals surface area contributed by atoms with Crippen LogP contribution in [0.3, 0.4) is 0 Å². The van der Waals surface area contributed by atoms with Crippen LogP contribution in [-0.4, -0.2) is 23.9 Å². The SMILES string of the molecule is COc1ccc(C)cc1NC(=O)c1oc2c(c1C)/C(=N\O)CC(C)(C)C2. The third kappa shape index (κ3) is 3.19. The number of nitrogens with zero attached hydrogens (tertiary/aromatic N) is 1. The van der Waals surface area contributed by atoms with Gasteiger partial charge < -0.3 is 19.7 Å². The number of ether oxygens (including phenoxy) is 1. The zero-order chi connectivity index (χ0) is 19.1. The molecule has 0 fully saturated rings. The molecule has 3 rings (SSSR count). The second-order valence-electron chi connectivity index (χ2n) is 7.58. The van der Waals surface area contributed by atoms with Crippen LogP contribution in [0.25, 0.3) is 0 Å². The summed E-state index contributed by atoms with van der Waals surface area (Å²) in [7, 11) is 1.56. The van der Waals surface area contributed by atoms with Crippen molar-refractivity contribution in [3.8, 4) is 5.75 Å². The molecular formula is C20H24N2O4. The number of nitrogens with one attached hydrogen (secondary N) is 1. The molecule has 2 N–H and O–H groups in total. The summed E-state index contributed by atoms with van der Waals surface area (Å²) in [4.78, 5) is 12.8. The second kappa shape index (κ2) is 6.52. The van der Waals surface area contributed by atoms with Crippen molar-refractivity contribution in [3.63, 3.8) is 0 Å². The number of hydrogen-bond acceptors (Lipinski definition) is 5. The van der Waals surface area contributed by atoms with E-state index in [1.54, 1.807) is 7.11 Å². The van der Waals surface area contributed by atoms with Gasteiger partial charge in [-0.1, -0.05) is 25.1 Å².